The first kappa shape index (κ1) is 20.6. The van der Waals surface area contributed by atoms with Gasteiger partial charge in [0.05, 0.1) is 11.4 Å². The Morgan fingerprint density at radius 3 is 2.34 bits per heavy atom. The normalized spacial score (nSPS) is 17.4. The first-order valence-corrected chi connectivity index (χ1v) is 11.4. The van der Waals surface area contributed by atoms with Gasteiger partial charge in [0.25, 0.3) is 5.91 Å². The molecular weight excluding hydrogens is 396 g/mol. The minimum Gasteiger partial charge on any atom is -0.397 e. The zero-order chi connectivity index (χ0) is 22.0. The average molecular weight is 427 g/mol. The number of nitrogens with zero attached hydrogens (tertiary/aromatic N) is 1. The molecule has 1 amide bonds. The SMILES string of the molecule is Nc1ccc(-c2ccccc2)cc1NC(=O)c1ccc(N2CCC3(CCNC3)CC2)cc1. The third kappa shape index (κ3) is 4.21. The predicted molar refractivity (Wildman–Crippen MR) is 132 cm³/mol. The summed E-state index contributed by atoms with van der Waals surface area (Å²) in [5, 5.41) is 6.51. The van der Waals surface area contributed by atoms with Gasteiger partial charge in [0.15, 0.2) is 0 Å². The average Bonchev–Trinajstić information content (AvgIpc) is 3.29. The van der Waals surface area contributed by atoms with E-state index in [-0.39, 0.29) is 5.91 Å². The molecule has 2 aliphatic rings. The number of amides is 1. The molecule has 2 aliphatic heterocycles. The summed E-state index contributed by atoms with van der Waals surface area (Å²) in [5.74, 6) is -0.150. The van der Waals surface area contributed by atoms with E-state index < -0.39 is 0 Å². The highest BCUT2D eigenvalue weighted by Crippen LogP contribution is 2.38. The van der Waals surface area contributed by atoms with Gasteiger partial charge in [-0.2, -0.15) is 0 Å². The molecule has 2 heterocycles. The Morgan fingerprint density at radius 2 is 1.66 bits per heavy atom. The third-order valence-electron chi connectivity index (χ3n) is 7.06. The maximum Gasteiger partial charge on any atom is 0.255 e. The summed E-state index contributed by atoms with van der Waals surface area (Å²) in [4.78, 5) is 15.3. The fourth-order valence-electron chi connectivity index (χ4n) is 4.95. The number of carbonyl (C=O) groups excluding carboxylic acids is 1. The number of benzene rings is 3. The van der Waals surface area contributed by atoms with Crippen LogP contribution in [0.5, 0.6) is 0 Å². The number of hydrogen-bond acceptors (Lipinski definition) is 4. The first-order chi connectivity index (χ1) is 15.6. The topological polar surface area (TPSA) is 70.4 Å². The molecule has 0 atom stereocenters. The maximum absolute atomic E-state index is 12.9. The molecule has 32 heavy (non-hydrogen) atoms. The molecule has 5 heteroatoms. The maximum atomic E-state index is 12.9. The lowest BCUT2D eigenvalue weighted by atomic mass is 9.78. The van der Waals surface area contributed by atoms with Crippen LogP contribution in [0.4, 0.5) is 17.1 Å². The van der Waals surface area contributed by atoms with Crippen molar-refractivity contribution in [3.63, 3.8) is 0 Å². The van der Waals surface area contributed by atoms with Crippen LogP contribution >= 0.6 is 0 Å². The number of anilines is 3. The molecule has 0 unspecified atom stereocenters. The van der Waals surface area contributed by atoms with Gasteiger partial charge >= 0.3 is 0 Å². The Bertz CT molecular complexity index is 1080. The highest BCUT2D eigenvalue weighted by atomic mass is 16.1. The van der Waals surface area contributed by atoms with Crippen LogP contribution in [0.15, 0.2) is 72.8 Å². The summed E-state index contributed by atoms with van der Waals surface area (Å²) in [6.07, 6.45) is 3.77. The standard InChI is InChI=1S/C27H30N4O/c28-24-11-8-22(20-4-2-1-3-5-20)18-25(24)30-26(32)21-6-9-23(10-7-21)31-16-13-27(14-17-31)12-15-29-19-27/h1-11,18,29H,12-17,19,28H2,(H,30,32). The summed E-state index contributed by atoms with van der Waals surface area (Å²) in [7, 11) is 0. The van der Waals surface area contributed by atoms with Gasteiger partial charge in [0.2, 0.25) is 0 Å². The lowest BCUT2D eigenvalue weighted by Crippen LogP contribution is -2.41. The van der Waals surface area contributed by atoms with Gasteiger partial charge < -0.3 is 21.3 Å². The Labute approximate surface area is 189 Å². The molecule has 0 aromatic heterocycles. The number of piperidine rings is 1. The van der Waals surface area contributed by atoms with E-state index in [9.17, 15) is 4.79 Å². The number of carbonyl (C=O) groups is 1. The van der Waals surface area contributed by atoms with Crippen molar-refractivity contribution < 1.29 is 4.79 Å². The fraction of sp³-hybridized carbons (Fsp3) is 0.296. The number of nitrogens with two attached hydrogens (primary N) is 1. The Morgan fingerprint density at radius 1 is 0.906 bits per heavy atom. The molecule has 3 aromatic rings. The molecule has 0 saturated carbocycles. The van der Waals surface area contributed by atoms with Crippen LogP contribution in [0.1, 0.15) is 29.6 Å². The van der Waals surface area contributed by atoms with Crippen LogP contribution in [0.25, 0.3) is 11.1 Å². The Balaban J connectivity index is 1.26. The summed E-state index contributed by atoms with van der Waals surface area (Å²) in [6.45, 7) is 4.48. The predicted octanol–water partition coefficient (Wildman–Crippen LogP) is 4.77. The highest BCUT2D eigenvalue weighted by Gasteiger charge is 2.36. The molecule has 3 aromatic carbocycles. The Kier molecular flexibility index (Phi) is 5.58. The monoisotopic (exact) mass is 426 g/mol. The molecule has 164 valence electrons. The second-order valence-electron chi connectivity index (χ2n) is 9.08. The fourth-order valence-corrected chi connectivity index (χ4v) is 4.95. The van der Waals surface area contributed by atoms with Crippen molar-refractivity contribution in [2.24, 2.45) is 5.41 Å². The number of nitrogens with one attached hydrogen (secondary N) is 2. The van der Waals surface area contributed by atoms with Crippen LogP contribution in [-0.2, 0) is 0 Å². The van der Waals surface area contributed by atoms with Crippen molar-refractivity contribution in [2.45, 2.75) is 19.3 Å². The van der Waals surface area contributed by atoms with Gasteiger partial charge in [-0.1, -0.05) is 36.4 Å². The van der Waals surface area contributed by atoms with Crippen molar-refractivity contribution in [1.82, 2.24) is 5.32 Å². The van der Waals surface area contributed by atoms with E-state index in [1.165, 1.54) is 24.9 Å². The van der Waals surface area contributed by atoms with E-state index in [1.54, 1.807) is 0 Å². The largest absolute Gasteiger partial charge is 0.397 e. The number of nitrogen functional groups attached to an aromatic ring is 1. The van der Waals surface area contributed by atoms with Crippen LogP contribution in [0.3, 0.4) is 0 Å². The van der Waals surface area contributed by atoms with Crippen LogP contribution in [0, 0.1) is 5.41 Å². The van der Waals surface area contributed by atoms with Gasteiger partial charge in [0, 0.05) is 30.9 Å². The van der Waals surface area contributed by atoms with Gasteiger partial charge in [0.1, 0.15) is 0 Å². The smallest absolute Gasteiger partial charge is 0.255 e. The lowest BCUT2D eigenvalue weighted by molar-refractivity contribution is 0.102. The summed E-state index contributed by atoms with van der Waals surface area (Å²) < 4.78 is 0. The van der Waals surface area contributed by atoms with Crippen molar-refractivity contribution in [3.8, 4) is 11.1 Å². The lowest BCUT2D eigenvalue weighted by Gasteiger charge is -2.40. The highest BCUT2D eigenvalue weighted by molar-refractivity contribution is 6.06. The van der Waals surface area contributed by atoms with Crippen molar-refractivity contribution in [3.05, 3.63) is 78.4 Å². The van der Waals surface area contributed by atoms with Crippen molar-refractivity contribution in [2.75, 3.05) is 42.1 Å². The molecule has 0 radical (unpaired) electrons. The van der Waals surface area contributed by atoms with Gasteiger partial charge in [-0.05, 0) is 78.7 Å². The summed E-state index contributed by atoms with van der Waals surface area (Å²) in [5.41, 5.74) is 11.8. The van der Waals surface area contributed by atoms with Gasteiger partial charge in [-0.15, -0.1) is 0 Å². The number of hydrogen-bond donors (Lipinski definition) is 3. The summed E-state index contributed by atoms with van der Waals surface area (Å²) in [6, 6.07) is 23.7. The van der Waals surface area contributed by atoms with E-state index in [0.29, 0.717) is 22.4 Å². The van der Waals surface area contributed by atoms with Crippen LogP contribution in [0.2, 0.25) is 0 Å². The second-order valence-corrected chi connectivity index (χ2v) is 9.08. The van der Waals surface area contributed by atoms with E-state index in [0.717, 1.165) is 37.3 Å². The molecule has 2 saturated heterocycles. The summed E-state index contributed by atoms with van der Waals surface area (Å²) >= 11 is 0. The second kappa shape index (κ2) is 8.67. The minimum atomic E-state index is -0.150. The zero-order valence-corrected chi connectivity index (χ0v) is 18.3. The number of rotatable bonds is 4. The Hall–Kier alpha value is -3.31. The minimum absolute atomic E-state index is 0.150. The molecule has 4 N–H and O–H groups in total. The third-order valence-corrected chi connectivity index (χ3v) is 7.06. The van der Waals surface area contributed by atoms with Crippen LogP contribution < -0.4 is 21.3 Å². The molecular formula is C27H30N4O. The van der Waals surface area contributed by atoms with E-state index in [1.807, 2.05) is 60.7 Å². The van der Waals surface area contributed by atoms with E-state index in [2.05, 4.69) is 27.7 Å². The molecule has 5 rings (SSSR count). The molecule has 2 fully saturated rings. The van der Waals surface area contributed by atoms with E-state index >= 15 is 0 Å². The quantitative estimate of drug-likeness (QED) is 0.526. The van der Waals surface area contributed by atoms with Gasteiger partial charge in [-0.3, -0.25) is 4.79 Å². The van der Waals surface area contributed by atoms with Gasteiger partial charge in [-0.25, -0.2) is 0 Å². The molecule has 0 aliphatic carbocycles. The first-order valence-electron chi connectivity index (χ1n) is 11.4. The molecule has 5 nitrogen and oxygen atoms in total. The van der Waals surface area contributed by atoms with Crippen molar-refractivity contribution in [1.29, 1.82) is 0 Å². The van der Waals surface area contributed by atoms with E-state index in [4.69, 9.17) is 5.73 Å². The van der Waals surface area contributed by atoms with Crippen LogP contribution in [-0.4, -0.2) is 32.1 Å². The molecule has 0 bridgehead atoms. The molecule has 1 spiro atoms. The van der Waals surface area contributed by atoms with Crippen molar-refractivity contribution >= 4 is 23.0 Å². The zero-order valence-electron chi connectivity index (χ0n) is 18.3.